The fraction of sp³-hybridized carbons (Fsp3) is 0.385. The van der Waals surface area contributed by atoms with Crippen LogP contribution in [0.1, 0.15) is 98.4 Å². The first-order valence-corrected chi connectivity index (χ1v) is 15.2. The average molecular weight is 533 g/mol. The zero-order valence-corrected chi connectivity index (χ0v) is 25.9. The Kier molecular flexibility index (Phi) is 9.90. The van der Waals surface area contributed by atoms with Gasteiger partial charge in [0.25, 0.3) is 0 Å². The predicted octanol–water partition coefficient (Wildman–Crippen LogP) is 11.1. The summed E-state index contributed by atoms with van der Waals surface area (Å²) in [7, 11) is 0. The van der Waals surface area contributed by atoms with E-state index in [0.717, 1.165) is 44.3 Å². The highest BCUT2D eigenvalue weighted by molar-refractivity contribution is 5.60. The largest absolute Gasteiger partial charge is 0.469 e. The molecule has 0 fully saturated rings. The quantitative estimate of drug-likeness (QED) is 0.267. The molecule has 1 aromatic heterocycles. The molecule has 2 unspecified atom stereocenters. The first kappa shape index (κ1) is 29.7. The van der Waals surface area contributed by atoms with E-state index >= 15 is 0 Å². The molecular weight excluding hydrogens is 484 g/mol. The first-order valence-electron chi connectivity index (χ1n) is 15.2. The molecule has 1 aliphatic rings. The lowest BCUT2D eigenvalue weighted by molar-refractivity contribution is 0.457. The summed E-state index contributed by atoms with van der Waals surface area (Å²) in [4.78, 5) is 0. The number of allylic oxidation sites excluding steroid dienone is 7. The van der Waals surface area contributed by atoms with Crippen molar-refractivity contribution in [3.05, 3.63) is 141 Å². The van der Waals surface area contributed by atoms with Crippen LogP contribution in [-0.4, -0.2) is 0 Å². The van der Waals surface area contributed by atoms with Gasteiger partial charge in [0.15, 0.2) is 0 Å². The lowest BCUT2D eigenvalue weighted by Gasteiger charge is -2.22. The lowest BCUT2D eigenvalue weighted by atomic mass is 9.82. The standard InChI is InChI=1S/C39H48O/c1-9-12-36-30(7)23-35(38-13-11-20-40-38)25-37(26(3)10-2)39(36)27(4)14-15-32-16-18-33(19-17-32)24-34-21-28(5)31(8)29(6)22-34/h11-13,16-22,25,30,35H,3,9-10,14-15,23-24H2,1-2,4-8H3/b36-12+,39-27+. The molecule has 1 heterocycles. The van der Waals surface area contributed by atoms with Gasteiger partial charge in [-0.3, -0.25) is 0 Å². The second-order valence-corrected chi connectivity index (χ2v) is 11.9. The lowest BCUT2D eigenvalue weighted by Crippen LogP contribution is -2.07. The molecule has 0 bridgehead atoms. The van der Waals surface area contributed by atoms with Gasteiger partial charge < -0.3 is 4.42 Å². The first-order chi connectivity index (χ1) is 19.2. The van der Waals surface area contributed by atoms with Gasteiger partial charge in [-0.15, -0.1) is 0 Å². The van der Waals surface area contributed by atoms with E-state index < -0.39 is 0 Å². The molecule has 3 aromatic rings. The molecule has 0 saturated heterocycles. The molecule has 1 aliphatic carbocycles. The molecule has 0 N–H and O–H groups in total. The Bertz CT molecular complexity index is 1380. The Hall–Kier alpha value is -3.32. The third-order valence-corrected chi connectivity index (χ3v) is 8.84. The van der Waals surface area contributed by atoms with Crippen molar-refractivity contribution in [2.75, 3.05) is 0 Å². The molecule has 0 radical (unpaired) electrons. The van der Waals surface area contributed by atoms with Crippen LogP contribution >= 0.6 is 0 Å². The molecule has 2 atom stereocenters. The summed E-state index contributed by atoms with van der Waals surface area (Å²) in [5, 5.41) is 0. The zero-order chi connectivity index (χ0) is 28.8. The third kappa shape index (κ3) is 6.87. The third-order valence-electron chi connectivity index (χ3n) is 8.84. The average Bonchev–Trinajstić information content (AvgIpc) is 3.44. The van der Waals surface area contributed by atoms with Gasteiger partial charge in [0, 0.05) is 5.92 Å². The van der Waals surface area contributed by atoms with E-state index in [9.17, 15) is 0 Å². The molecule has 0 amide bonds. The summed E-state index contributed by atoms with van der Waals surface area (Å²) in [5.41, 5.74) is 15.3. The number of hydrogen-bond donors (Lipinski definition) is 0. The van der Waals surface area contributed by atoms with Crippen molar-refractivity contribution in [1.29, 1.82) is 0 Å². The highest BCUT2D eigenvalue weighted by atomic mass is 16.3. The molecule has 0 saturated carbocycles. The normalized spacial score (nSPS) is 19.9. The Balaban J connectivity index is 1.59. The van der Waals surface area contributed by atoms with Crippen LogP contribution in [0, 0.1) is 26.7 Å². The smallest absolute Gasteiger partial charge is 0.110 e. The minimum Gasteiger partial charge on any atom is -0.469 e. The van der Waals surface area contributed by atoms with Gasteiger partial charge in [0.1, 0.15) is 5.76 Å². The second-order valence-electron chi connectivity index (χ2n) is 11.9. The summed E-state index contributed by atoms with van der Waals surface area (Å²) < 4.78 is 5.89. The van der Waals surface area contributed by atoms with Gasteiger partial charge in [-0.05, 0) is 140 Å². The van der Waals surface area contributed by atoms with Crippen LogP contribution in [0.3, 0.4) is 0 Å². The van der Waals surface area contributed by atoms with Crippen LogP contribution < -0.4 is 0 Å². The van der Waals surface area contributed by atoms with E-state index in [1.807, 2.05) is 6.07 Å². The number of benzene rings is 2. The number of aryl methyl sites for hydroxylation is 3. The summed E-state index contributed by atoms with van der Waals surface area (Å²) in [6, 6.07) is 18.1. The molecule has 0 spiro atoms. The van der Waals surface area contributed by atoms with Crippen LogP contribution in [0.15, 0.2) is 106 Å². The summed E-state index contributed by atoms with van der Waals surface area (Å²) in [5.74, 6) is 1.77. The molecule has 210 valence electrons. The van der Waals surface area contributed by atoms with Crippen molar-refractivity contribution >= 4 is 0 Å². The van der Waals surface area contributed by atoms with Crippen LogP contribution in [0.2, 0.25) is 0 Å². The van der Waals surface area contributed by atoms with E-state index in [1.54, 1.807) is 6.26 Å². The number of hydrogen-bond acceptors (Lipinski definition) is 1. The minimum atomic E-state index is 0.266. The Morgan fingerprint density at radius 3 is 2.25 bits per heavy atom. The van der Waals surface area contributed by atoms with Crippen molar-refractivity contribution in [1.82, 2.24) is 0 Å². The minimum absolute atomic E-state index is 0.266. The van der Waals surface area contributed by atoms with Crippen molar-refractivity contribution in [3.8, 4) is 0 Å². The van der Waals surface area contributed by atoms with Crippen molar-refractivity contribution < 1.29 is 4.42 Å². The SMILES string of the molecule is C=C(CC)C1=CC(c2ccco2)CC(C)C(=C\CC)/C1=C(/C)CCc1ccc(Cc2cc(C)c(C)c(C)c2)cc1. The van der Waals surface area contributed by atoms with E-state index in [0.29, 0.717) is 5.92 Å². The second kappa shape index (κ2) is 13.4. The van der Waals surface area contributed by atoms with Crippen LogP contribution in [0.5, 0.6) is 0 Å². The fourth-order valence-corrected chi connectivity index (χ4v) is 6.19. The van der Waals surface area contributed by atoms with Crippen LogP contribution in [0.4, 0.5) is 0 Å². The van der Waals surface area contributed by atoms with Crippen molar-refractivity contribution in [3.63, 3.8) is 0 Å². The molecule has 40 heavy (non-hydrogen) atoms. The monoisotopic (exact) mass is 532 g/mol. The number of furan rings is 1. The van der Waals surface area contributed by atoms with Gasteiger partial charge in [-0.2, -0.15) is 0 Å². The Morgan fingerprint density at radius 1 is 0.975 bits per heavy atom. The number of rotatable bonds is 9. The van der Waals surface area contributed by atoms with E-state index in [2.05, 4.69) is 110 Å². The van der Waals surface area contributed by atoms with E-state index in [1.165, 1.54) is 61.2 Å². The van der Waals surface area contributed by atoms with E-state index in [-0.39, 0.29) is 5.92 Å². The van der Waals surface area contributed by atoms with Crippen LogP contribution in [0.25, 0.3) is 0 Å². The highest BCUT2D eigenvalue weighted by Gasteiger charge is 2.28. The zero-order valence-electron chi connectivity index (χ0n) is 25.9. The summed E-state index contributed by atoms with van der Waals surface area (Å²) in [6.07, 6.45) is 12.8. The van der Waals surface area contributed by atoms with Gasteiger partial charge >= 0.3 is 0 Å². The van der Waals surface area contributed by atoms with Gasteiger partial charge in [-0.25, -0.2) is 0 Å². The van der Waals surface area contributed by atoms with Crippen LogP contribution in [-0.2, 0) is 12.8 Å². The van der Waals surface area contributed by atoms with Gasteiger partial charge in [0.2, 0.25) is 0 Å². The van der Waals surface area contributed by atoms with Gasteiger partial charge in [0.05, 0.1) is 6.26 Å². The highest BCUT2D eigenvalue weighted by Crippen LogP contribution is 2.44. The topological polar surface area (TPSA) is 13.1 Å². The molecule has 1 nitrogen and oxygen atoms in total. The maximum Gasteiger partial charge on any atom is 0.110 e. The maximum absolute atomic E-state index is 5.89. The predicted molar refractivity (Wildman–Crippen MR) is 172 cm³/mol. The van der Waals surface area contributed by atoms with Crippen molar-refractivity contribution in [2.24, 2.45) is 5.92 Å². The maximum atomic E-state index is 5.89. The van der Waals surface area contributed by atoms with E-state index in [4.69, 9.17) is 4.42 Å². The van der Waals surface area contributed by atoms with Gasteiger partial charge in [-0.1, -0.05) is 81.5 Å². The summed E-state index contributed by atoms with van der Waals surface area (Å²) >= 11 is 0. The fourth-order valence-electron chi connectivity index (χ4n) is 6.19. The molecule has 2 aromatic carbocycles. The molecule has 1 heteroatoms. The molecule has 4 rings (SSSR count). The Morgan fingerprint density at radius 2 is 1.65 bits per heavy atom. The molecular formula is C39H48O. The Labute approximate surface area is 243 Å². The van der Waals surface area contributed by atoms with Crippen molar-refractivity contribution in [2.45, 2.75) is 92.9 Å². The molecule has 0 aliphatic heterocycles. The summed E-state index contributed by atoms with van der Waals surface area (Å²) in [6.45, 7) is 20.4.